The van der Waals surface area contributed by atoms with E-state index in [-0.39, 0.29) is 23.6 Å². The molecule has 2 heterocycles. The summed E-state index contributed by atoms with van der Waals surface area (Å²) in [5.41, 5.74) is 1.98. The molecule has 12 heteroatoms. The van der Waals surface area contributed by atoms with Gasteiger partial charge in [0.05, 0.1) is 47.6 Å². The number of thiazole rings is 1. The molecule has 1 aliphatic rings. The van der Waals surface area contributed by atoms with Gasteiger partial charge in [-0.1, -0.05) is 29.5 Å². The lowest BCUT2D eigenvalue weighted by molar-refractivity contribution is -0.136. The standard InChI is InChI=1S/C34H32BrFN2O7S/c1-5-42-26-13-10-22(17-27(26)43-6-2)30-24(33(40)41-4)18-37-34-38(30)32(39)29(46-34)16-21-14-25(35)31(28(15-21)44-7-3)45-19-20-8-11-23(36)12-9-20/h8-18,30H,5-7,19H2,1-4H3/b29-16-/t30-/m1/s1. The molecule has 0 spiro atoms. The van der Waals surface area contributed by atoms with Gasteiger partial charge < -0.3 is 23.7 Å². The third kappa shape index (κ3) is 7.02. The number of hydrogen-bond acceptors (Lipinski definition) is 9. The highest BCUT2D eigenvalue weighted by Gasteiger charge is 2.31. The Morgan fingerprint density at radius 3 is 2.35 bits per heavy atom. The zero-order valence-electron chi connectivity index (χ0n) is 25.7. The molecule has 0 amide bonds. The number of hydrogen-bond donors (Lipinski definition) is 0. The molecule has 0 aliphatic carbocycles. The summed E-state index contributed by atoms with van der Waals surface area (Å²) in [6.07, 6.45) is 3.18. The van der Waals surface area contributed by atoms with Crippen LogP contribution < -0.4 is 33.8 Å². The number of nitrogens with zero attached hydrogens (tertiary/aromatic N) is 2. The highest BCUT2D eigenvalue weighted by atomic mass is 79.9. The Kier molecular flexibility index (Phi) is 10.6. The van der Waals surface area contributed by atoms with E-state index >= 15 is 0 Å². The van der Waals surface area contributed by atoms with Crippen molar-refractivity contribution in [3.63, 3.8) is 0 Å². The van der Waals surface area contributed by atoms with Crippen LogP contribution in [-0.2, 0) is 16.1 Å². The number of esters is 1. The van der Waals surface area contributed by atoms with Crippen molar-refractivity contribution >= 4 is 39.3 Å². The molecule has 0 bridgehead atoms. The fraction of sp³-hybridized carbons (Fsp3) is 0.265. The molecule has 0 N–H and O–H groups in total. The van der Waals surface area contributed by atoms with Crippen molar-refractivity contribution in [1.82, 2.24) is 4.57 Å². The number of carbonyl (C=O) groups is 1. The Bertz CT molecular complexity index is 1950. The fourth-order valence-corrected chi connectivity index (χ4v) is 6.49. The van der Waals surface area contributed by atoms with Crippen molar-refractivity contribution < 1.29 is 32.9 Å². The summed E-state index contributed by atoms with van der Waals surface area (Å²) >= 11 is 4.78. The van der Waals surface area contributed by atoms with E-state index in [1.54, 1.807) is 42.5 Å². The van der Waals surface area contributed by atoms with E-state index < -0.39 is 12.0 Å². The number of ether oxygens (including phenoxy) is 5. The lowest BCUT2D eigenvalue weighted by Gasteiger charge is -2.23. The SMILES string of the molecule is CCOc1ccc([C@@H]2C(C(=O)OC)=CN=c3s/c(=C\c4cc(Br)c(OCc5ccc(F)cc5)c(OCC)c4)c(=O)n32)cc1OCC. The zero-order valence-corrected chi connectivity index (χ0v) is 28.1. The Morgan fingerprint density at radius 2 is 1.65 bits per heavy atom. The lowest BCUT2D eigenvalue weighted by atomic mass is 9.97. The molecule has 3 aromatic carbocycles. The van der Waals surface area contributed by atoms with E-state index in [2.05, 4.69) is 20.9 Å². The van der Waals surface area contributed by atoms with Gasteiger partial charge in [-0.15, -0.1) is 0 Å². The molecule has 240 valence electrons. The summed E-state index contributed by atoms with van der Waals surface area (Å²) in [5, 5.41) is 0. The monoisotopic (exact) mass is 710 g/mol. The average molecular weight is 712 g/mol. The maximum absolute atomic E-state index is 14.0. The van der Waals surface area contributed by atoms with E-state index in [1.807, 2.05) is 26.8 Å². The minimum atomic E-state index is -0.811. The minimum Gasteiger partial charge on any atom is -0.490 e. The molecular formula is C34H32BrFN2O7S. The molecule has 1 aliphatic heterocycles. The molecule has 9 nitrogen and oxygen atoms in total. The molecule has 0 unspecified atom stereocenters. The zero-order chi connectivity index (χ0) is 32.8. The second-order valence-electron chi connectivity index (χ2n) is 9.93. The molecule has 5 rings (SSSR count). The maximum atomic E-state index is 14.0. The molecule has 46 heavy (non-hydrogen) atoms. The minimum absolute atomic E-state index is 0.204. The molecule has 0 saturated heterocycles. The van der Waals surface area contributed by atoms with Gasteiger partial charge in [0.1, 0.15) is 12.4 Å². The van der Waals surface area contributed by atoms with Crippen LogP contribution in [0.4, 0.5) is 4.39 Å². The Labute approximate surface area is 277 Å². The van der Waals surface area contributed by atoms with E-state index in [0.717, 1.165) is 5.56 Å². The summed E-state index contributed by atoms with van der Waals surface area (Å²) in [7, 11) is 1.29. The van der Waals surface area contributed by atoms with Crippen LogP contribution in [0.1, 0.15) is 43.5 Å². The number of aromatic nitrogens is 1. The molecule has 4 aromatic rings. The highest BCUT2D eigenvalue weighted by molar-refractivity contribution is 9.10. The third-order valence-electron chi connectivity index (χ3n) is 6.93. The number of fused-ring (bicyclic) bond motifs is 1. The van der Waals surface area contributed by atoms with Gasteiger partial charge in [-0.05, 0) is 95.9 Å². The van der Waals surface area contributed by atoms with Crippen molar-refractivity contribution in [3.8, 4) is 23.0 Å². The molecule has 0 fully saturated rings. The average Bonchev–Trinajstić information content (AvgIpc) is 3.36. The highest BCUT2D eigenvalue weighted by Crippen LogP contribution is 2.38. The van der Waals surface area contributed by atoms with E-state index in [0.29, 0.717) is 67.8 Å². The van der Waals surface area contributed by atoms with Gasteiger partial charge in [0.25, 0.3) is 5.56 Å². The summed E-state index contributed by atoms with van der Waals surface area (Å²) in [6, 6.07) is 14.2. The predicted molar refractivity (Wildman–Crippen MR) is 176 cm³/mol. The normalized spacial score (nSPS) is 14.2. The van der Waals surface area contributed by atoms with Gasteiger partial charge in [0.2, 0.25) is 0 Å². The maximum Gasteiger partial charge on any atom is 0.337 e. The first kappa shape index (κ1) is 33.0. The van der Waals surface area contributed by atoms with Gasteiger partial charge in [0, 0.05) is 6.20 Å². The molecule has 0 saturated carbocycles. The first-order chi connectivity index (χ1) is 22.3. The number of methoxy groups -OCH3 is 1. The van der Waals surface area contributed by atoms with Crippen LogP contribution in [0.25, 0.3) is 6.08 Å². The number of halogens is 2. The first-order valence-electron chi connectivity index (χ1n) is 14.6. The van der Waals surface area contributed by atoms with Crippen LogP contribution in [0.2, 0.25) is 0 Å². The second-order valence-corrected chi connectivity index (χ2v) is 11.8. The number of benzene rings is 3. The predicted octanol–water partition coefficient (Wildman–Crippen LogP) is 5.69. The van der Waals surface area contributed by atoms with Crippen LogP contribution in [0.15, 0.2) is 80.6 Å². The van der Waals surface area contributed by atoms with E-state index in [1.165, 1.54) is 41.3 Å². The Hall–Kier alpha value is -4.42. The summed E-state index contributed by atoms with van der Waals surface area (Å²) < 4.78 is 44.4. The van der Waals surface area contributed by atoms with Gasteiger partial charge >= 0.3 is 5.97 Å². The van der Waals surface area contributed by atoms with Crippen molar-refractivity contribution in [2.75, 3.05) is 26.9 Å². The van der Waals surface area contributed by atoms with E-state index in [4.69, 9.17) is 23.7 Å². The van der Waals surface area contributed by atoms with Crippen LogP contribution in [0.5, 0.6) is 23.0 Å². The number of carbonyl (C=O) groups excluding carboxylic acids is 1. The topological polar surface area (TPSA) is 97.6 Å². The molecular weight excluding hydrogens is 679 g/mol. The van der Waals surface area contributed by atoms with Crippen LogP contribution >= 0.6 is 27.3 Å². The molecule has 1 atom stereocenters. The largest absolute Gasteiger partial charge is 0.490 e. The lowest BCUT2D eigenvalue weighted by Crippen LogP contribution is -2.39. The summed E-state index contributed by atoms with van der Waals surface area (Å²) in [4.78, 5) is 31.8. The molecule has 1 aromatic heterocycles. The smallest absolute Gasteiger partial charge is 0.337 e. The van der Waals surface area contributed by atoms with Crippen molar-refractivity contribution in [2.45, 2.75) is 33.4 Å². The van der Waals surface area contributed by atoms with Crippen molar-refractivity contribution in [3.05, 3.63) is 113 Å². The van der Waals surface area contributed by atoms with Gasteiger partial charge in [0.15, 0.2) is 27.8 Å². The fourth-order valence-electron chi connectivity index (χ4n) is 4.95. The third-order valence-corrected chi connectivity index (χ3v) is 8.52. The quantitative estimate of drug-likeness (QED) is 0.174. The Morgan fingerprint density at radius 1 is 0.957 bits per heavy atom. The first-order valence-corrected chi connectivity index (χ1v) is 16.2. The molecule has 0 radical (unpaired) electrons. The summed E-state index contributed by atoms with van der Waals surface area (Å²) in [5.74, 6) is 1.09. The van der Waals surface area contributed by atoms with Crippen molar-refractivity contribution in [1.29, 1.82) is 0 Å². The van der Waals surface area contributed by atoms with Gasteiger partial charge in [-0.3, -0.25) is 9.36 Å². The van der Waals surface area contributed by atoms with Crippen molar-refractivity contribution in [2.24, 2.45) is 4.99 Å². The number of rotatable bonds is 12. The van der Waals surface area contributed by atoms with Crippen LogP contribution in [0, 0.1) is 5.82 Å². The summed E-state index contributed by atoms with van der Waals surface area (Å²) in [6.45, 7) is 7.04. The van der Waals surface area contributed by atoms with Crippen LogP contribution in [-0.4, -0.2) is 37.5 Å². The van der Waals surface area contributed by atoms with Gasteiger partial charge in [-0.2, -0.15) is 0 Å². The second kappa shape index (κ2) is 14.8. The van der Waals surface area contributed by atoms with Crippen LogP contribution in [0.3, 0.4) is 0 Å². The van der Waals surface area contributed by atoms with Gasteiger partial charge in [-0.25, -0.2) is 14.2 Å². The Balaban J connectivity index is 1.57. The van der Waals surface area contributed by atoms with E-state index in [9.17, 15) is 14.0 Å².